The Balaban J connectivity index is 1.57. The smallest absolute Gasteiger partial charge is 0.319 e. The number of thioether (sulfide) groups is 1. The Hall–Kier alpha value is -2.80. The lowest BCUT2D eigenvalue weighted by atomic mass is 9.92. The maximum absolute atomic E-state index is 13.2. The molecule has 1 saturated heterocycles. The molecule has 0 unspecified atom stereocenters. The summed E-state index contributed by atoms with van der Waals surface area (Å²) in [6, 6.07) is 16.3. The Kier molecular flexibility index (Phi) is 5.08. The number of fused-ring (bicyclic) bond motifs is 1. The Bertz CT molecular complexity index is 965. The molecule has 2 aliphatic heterocycles. The normalized spacial score (nSPS) is 24.1. The van der Waals surface area contributed by atoms with E-state index < -0.39 is 17.5 Å². The number of nitrogens with zero attached hydrogens (tertiary/aromatic N) is 2. The lowest BCUT2D eigenvalue weighted by molar-refractivity contribution is -0.134. The van der Waals surface area contributed by atoms with Crippen molar-refractivity contribution >= 4 is 35.3 Å². The van der Waals surface area contributed by atoms with Gasteiger partial charge in [0, 0.05) is 16.7 Å². The molecule has 7 heteroatoms. The molecule has 29 heavy (non-hydrogen) atoms. The predicted molar refractivity (Wildman–Crippen MR) is 113 cm³/mol. The van der Waals surface area contributed by atoms with E-state index in [0.29, 0.717) is 17.4 Å². The van der Waals surface area contributed by atoms with E-state index in [2.05, 4.69) is 12.2 Å². The first kappa shape index (κ1) is 19.5. The Morgan fingerprint density at radius 2 is 1.83 bits per heavy atom. The molecule has 2 aromatic carbocycles. The van der Waals surface area contributed by atoms with Crippen molar-refractivity contribution in [1.29, 1.82) is 0 Å². The largest absolute Gasteiger partial charge is 0.325 e. The molecule has 0 bridgehead atoms. The van der Waals surface area contributed by atoms with Crippen molar-refractivity contribution in [2.24, 2.45) is 0 Å². The number of amides is 4. The number of benzene rings is 2. The summed E-state index contributed by atoms with van der Waals surface area (Å²) in [4.78, 5) is 42.6. The summed E-state index contributed by atoms with van der Waals surface area (Å²) in [5, 5.41) is 3.14. The third kappa shape index (κ3) is 3.51. The predicted octanol–water partition coefficient (Wildman–Crippen LogP) is 3.37. The second-order valence-corrected chi connectivity index (χ2v) is 9.02. The third-order valence-electron chi connectivity index (χ3n) is 5.46. The maximum atomic E-state index is 13.2. The Morgan fingerprint density at radius 1 is 1.14 bits per heavy atom. The van der Waals surface area contributed by atoms with Crippen LogP contribution in [0.3, 0.4) is 0 Å². The van der Waals surface area contributed by atoms with Gasteiger partial charge in [-0.05, 0) is 31.0 Å². The highest BCUT2D eigenvalue weighted by molar-refractivity contribution is 8.00. The first-order chi connectivity index (χ1) is 13.9. The Labute approximate surface area is 174 Å². The molecule has 4 rings (SSSR count). The van der Waals surface area contributed by atoms with Gasteiger partial charge in [-0.15, -0.1) is 11.8 Å². The number of nitrogens with one attached hydrogen (secondary N) is 1. The van der Waals surface area contributed by atoms with Crippen LogP contribution in [-0.2, 0) is 15.1 Å². The van der Waals surface area contributed by atoms with E-state index in [1.807, 2.05) is 42.5 Å². The molecule has 0 radical (unpaired) electrons. The topological polar surface area (TPSA) is 69.7 Å². The molecule has 2 aromatic rings. The van der Waals surface area contributed by atoms with Gasteiger partial charge in [-0.25, -0.2) is 4.79 Å². The average molecular weight is 410 g/mol. The summed E-state index contributed by atoms with van der Waals surface area (Å²) < 4.78 is 0. The molecular formula is C22H23N3O3S. The van der Waals surface area contributed by atoms with Crippen molar-refractivity contribution in [2.75, 3.05) is 18.0 Å². The molecule has 2 aliphatic rings. The summed E-state index contributed by atoms with van der Waals surface area (Å²) in [5.41, 5.74) is 0.364. The zero-order valence-corrected chi connectivity index (χ0v) is 17.2. The van der Waals surface area contributed by atoms with E-state index in [1.54, 1.807) is 35.7 Å². The van der Waals surface area contributed by atoms with E-state index >= 15 is 0 Å². The van der Waals surface area contributed by atoms with Crippen molar-refractivity contribution in [3.05, 3.63) is 60.2 Å². The SMILES string of the molecule is C[C@H]1CCN(C(=O)CN2C(=O)N[C@](C)(c3ccccc3)C2=O)c2ccccc2S1. The number of hydrogen-bond donors (Lipinski definition) is 1. The standard InChI is InChI=1S/C22H23N3O3S/c1-15-12-13-24(17-10-6-7-11-18(17)29-15)19(26)14-25-20(27)22(2,23-21(25)28)16-8-4-3-5-9-16/h3-11,15H,12-14H2,1-2H3,(H,23,28)/t15-,22+/m0/s1. The maximum Gasteiger partial charge on any atom is 0.325 e. The molecule has 6 nitrogen and oxygen atoms in total. The van der Waals surface area contributed by atoms with Crippen LogP contribution < -0.4 is 10.2 Å². The van der Waals surface area contributed by atoms with Crippen LogP contribution in [0.2, 0.25) is 0 Å². The molecule has 0 spiro atoms. The molecule has 1 fully saturated rings. The van der Waals surface area contributed by atoms with Crippen LogP contribution in [0.4, 0.5) is 10.5 Å². The van der Waals surface area contributed by atoms with E-state index in [9.17, 15) is 14.4 Å². The highest BCUT2D eigenvalue weighted by atomic mass is 32.2. The fourth-order valence-corrected chi connectivity index (χ4v) is 4.89. The van der Waals surface area contributed by atoms with Gasteiger partial charge in [-0.2, -0.15) is 0 Å². The van der Waals surface area contributed by atoms with Crippen molar-refractivity contribution in [3.63, 3.8) is 0 Å². The molecular weight excluding hydrogens is 386 g/mol. The molecule has 0 saturated carbocycles. The fourth-order valence-electron chi connectivity index (χ4n) is 3.77. The molecule has 2 heterocycles. The van der Waals surface area contributed by atoms with Crippen LogP contribution >= 0.6 is 11.8 Å². The highest BCUT2D eigenvalue weighted by Gasteiger charge is 2.49. The van der Waals surface area contributed by atoms with Gasteiger partial charge in [0.2, 0.25) is 5.91 Å². The molecule has 0 aliphatic carbocycles. The second-order valence-electron chi connectivity index (χ2n) is 7.54. The van der Waals surface area contributed by atoms with Gasteiger partial charge in [0.1, 0.15) is 12.1 Å². The zero-order valence-electron chi connectivity index (χ0n) is 16.4. The summed E-state index contributed by atoms with van der Waals surface area (Å²) in [6.45, 7) is 4.09. The fraction of sp³-hybridized carbons (Fsp3) is 0.318. The number of rotatable bonds is 3. The lowest BCUT2D eigenvalue weighted by Gasteiger charge is -2.25. The lowest BCUT2D eigenvalue weighted by Crippen LogP contribution is -2.45. The summed E-state index contributed by atoms with van der Waals surface area (Å²) >= 11 is 1.74. The van der Waals surface area contributed by atoms with Gasteiger partial charge >= 0.3 is 6.03 Å². The van der Waals surface area contributed by atoms with E-state index in [0.717, 1.165) is 21.9 Å². The molecule has 150 valence electrons. The van der Waals surface area contributed by atoms with Crippen LogP contribution in [0.15, 0.2) is 59.5 Å². The van der Waals surface area contributed by atoms with E-state index in [4.69, 9.17) is 0 Å². The van der Waals surface area contributed by atoms with Crippen LogP contribution in [0.5, 0.6) is 0 Å². The van der Waals surface area contributed by atoms with Crippen molar-refractivity contribution < 1.29 is 14.4 Å². The van der Waals surface area contributed by atoms with Gasteiger partial charge in [-0.1, -0.05) is 49.4 Å². The van der Waals surface area contributed by atoms with Crippen molar-refractivity contribution in [1.82, 2.24) is 10.2 Å². The number of para-hydroxylation sites is 1. The minimum Gasteiger partial charge on any atom is -0.319 e. The van der Waals surface area contributed by atoms with E-state index in [-0.39, 0.29) is 12.5 Å². The summed E-state index contributed by atoms with van der Waals surface area (Å²) in [6.07, 6.45) is 0.840. The Morgan fingerprint density at radius 3 is 2.59 bits per heavy atom. The molecule has 2 atom stereocenters. The summed E-state index contributed by atoms with van der Waals surface area (Å²) in [5.74, 6) is -0.666. The van der Waals surface area contributed by atoms with E-state index in [1.165, 1.54) is 0 Å². The average Bonchev–Trinajstić information content (AvgIpc) is 2.85. The first-order valence-electron chi connectivity index (χ1n) is 9.66. The second kappa shape index (κ2) is 7.55. The summed E-state index contributed by atoms with van der Waals surface area (Å²) in [7, 11) is 0. The molecule has 4 amide bonds. The molecule has 0 aromatic heterocycles. The van der Waals surface area contributed by atoms with Crippen LogP contribution in [-0.4, -0.2) is 41.1 Å². The number of urea groups is 1. The minimum absolute atomic E-state index is 0.257. The number of hydrogen-bond acceptors (Lipinski definition) is 4. The van der Waals surface area contributed by atoms with Crippen LogP contribution in [0, 0.1) is 0 Å². The number of imide groups is 1. The monoisotopic (exact) mass is 409 g/mol. The van der Waals surface area contributed by atoms with Crippen LogP contribution in [0.25, 0.3) is 0 Å². The third-order valence-corrected chi connectivity index (χ3v) is 6.70. The number of carbonyl (C=O) groups excluding carboxylic acids is 3. The number of carbonyl (C=O) groups is 3. The van der Waals surface area contributed by atoms with Gasteiger partial charge in [0.05, 0.1) is 5.69 Å². The zero-order chi connectivity index (χ0) is 20.6. The molecule has 1 N–H and O–H groups in total. The first-order valence-corrected chi connectivity index (χ1v) is 10.5. The van der Waals surface area contributed by atoms with Crippen molar-refractivity contribution in [2.45, 2.75) is 36.0 Å². The number of anilines is 1. The van der Waals surface area contributed by atoms with Gasteiger partial charge in [0.15, 0.2) is 0 Å². The quantitative estimate of drug-likeness (QED) is 0.789. The minimum atomic E-state index is -1.17. The van der Waals surface area contributed by atoms with Gasteiger partial charge in [-0.3, -0.25) is 14.5 Å². The highest BCUT2D eigenvalue weighted by Crippen LogP contribution is 2.37. The van der Waals surface area contributed by atoms with Crippen LogP contribution in [0.1, 0.15) is 25.8 Å². The van der Waals surface area contributed by atoms with Gasteiger partial charge < -0.3 is 10.2 Å². The van der Waals surface area contributed by atoms with Crippen molar-refractivity contribution in [3.8, 4) is 0 Å². The van der Waals surface area contributed by atoms with Gasteiger partial charge in [0.25, 0.3) is 5.91 Å².